The van der Waals surface area contributed by atoms with E-state index in [4.69, 9.17) is 4.74 Å². The van der Waals surface area contributed by atoms with Crippen LogP contribution in [0.4, 0.5) is 5.69 Å². The van der Waals surface area contributed by atoms with Gasteiger partial charge in [-0.05, 0) is 44.0 Å². The highest BCUT2D eigenvalue weighted by Crippen LogP contribution is 2.27. The number of thioether (sulfide) groups is 1. The summed E-state index contributed by atoms with van der Waals surface area (Å²) in [6, 6.07) is 14.4. The van der Waals surface area contributed by atoms with Crippen molar-refractivity contribution in [3.63, 3.8) is 0 Å². The molecular formula is C25H31N5O3S. The zero-order valence-corrected chi connectivity index (χ0v) is 21.0. The number of benzene rings is 2. The van der Waals surface area contributed by atoms with E-state index < -0.39 is 0 Å². The summed E-state index contributed by atoms with van der Waals surface area (Å²) in [6.45, 7) is 8.62. The Morgan fingerprint density at radius 2 is 1.88 bits per heavy atom. The van der Waals surface area contributed by atoms with Gasteiger partial charge in [-0.15, -0.1) is 10.2 Å². The second-order valence-corrected chi connectivity index (χ2v) is 9.13. The molecule has 0 spiro atoms. The molecule has 2 aromatic carbocycles. The maximum Gasteiger partial charge on any atom is 0.251 e. The smallest absolute Gasteiger partial charge is 0.251 e. The number of carbonyl (C=O) groups excluding carboxylic acids is 2. The van der Waals surface area contributed by atoms with Crippen molar-refractivity contribution in [3.05, 3.63) is 65.5 Å². The number of hydrogen-bond acceptors (Lipinski definition) is 6. The molecule has 1 aromatic heterocycles. The van der Waals surface area contributed by atoms with E-state index in [0.29, 0.717) is 34.5 Å². The van der Waals surface area contributed by atoms with Gasteiger partial charge in [0, 0.05) is 12.1 Å². The first-order chi connectivity index (χ1) is 16.3. The molecule has 0 saturated heterocycles. The van der Waals surface area contributed by atoms with Gasteiger partial charge in [0.05, 0.1) is 24.6 Å². The predicted molar refractivity (Wildman–Crippen MR) is 134 cm³/mol. The van der Waals surface area contributed by atoms with E-state index in [0.717, 1.165) is 5.56 Å². The molecule has 2 N–H and O–H groups in total. The van der Waals surface area contributed by atoms with Crippen LogP contribution in [-0.4, -0.2) is 39.4 Å². The zero-order valence-electron chi connectivity index (χ0n) is 20.2. The van der Waals surface area contributed by atoms with Gasteiger partial charge in [-0.3, -0.25) is 9.59 Å². The van der Waals surface area contributed by atoms with E-state index in [1.54, 1.807) is 25.3 Å². The Morgan fingerprint density at radius 3 is 2.56 bits per heavy atom. The fourth-order valence-electron chi connectivity index (χ4n) is 3.54. The lowest BCUT2D eigenvalue weighted by Crippen LogP contribution is -2.33. The van der Waals surface area contributed by atoms with E-state index in [9.17, 15) is 9.59 Å². The van der Waals surface area contributed by atoms with Crippen molar-refractivity contribution in [2.45, 2.75) is 45.4 Å². The molecule has 3 rings (SSSR count). The van der Waals surface area contributed by atoms with Gasteiger partial charge < -0.3 is 19.9 Å². The first-order valence-corrected chi connectivity index (χ1v) is 12.2. The van der Waals surface area contributed by atoms with Crippen LogP contribution in [0.25, 0.3) is 0 Å². The number of amides is 2. The van der Waals surface area contributed by atoms with Gasteiger partial charge in [0.25, 0.3) is 5.91 Å². The van der Waals surface area contributed by atoms with Crippen LogP contribution in [0.1, 0.15) is 48.6 Å². The van der Waals surface area contributed by atoms with E-state index in [-0.39, 0.29) is 29.5 Å². The number of para-hydroxylation sites is 2. The molecule has 1 atom stereocenters. The molecule has 0 aliphatic heterocycles. The Labute approximate surface area is 204 Å². The fraction of sp³-hybridized carbons (Fsp3) is 0.360. The van der Waals surface area contributed by atoms with Gasteiger partial charge in [-0.1, -0.05) is 55.4 Å². The number of aryl methyl sites for hydroxylation is 1. The summed E-state index contributed by atoms with van der Waals surface area (Å²) >= 11 is 1.30. The molecule has 34 heavy (non-hydrogen) atoms. The van der Waals surface area contributed by atoms with E-state index >= 15 is 0 Å². The Kier molecular flexibility index (Phi) is 8.70. The van der Waals surface area contributed by atoms with Crippen LogP contribution in [0.2, 0.25) is 0 Å². The first kappa shape index (κ1) is 25.3. The Bertz CT molecular complexity index is 1150. The molecule has 8 nitrogen and oxygen atoms in total. The quantitative estimate of drug-likeness (QED) is 0.415. The molecule has 3 aromatic rings. The molecule has 0 aliphatic carbocycles. The maximum absolute atomic E-state index is 12.9. The molecule has 0 radical (unpaired) electrons. The third-order valence-corrected chi connectivity index (χ3v) is 6.25. The van der Waals surface area contributed by atoms with E-state index in [2.05, 4.69) is 20.8 Å². The van der Waals surface area contributed by atoms with Crippen LogP contribution in [-0.2, 0) is 11.3 Å². The summed E-state index contributed by atoms with van der Waals surface area (Å²) in [6.07, 6.45) is 0. The molecule has 0 aliphatic rings. The number of nitrogens with one attached hydrogen (secondary N) is 2. The van der Waals surface area contributed by atoms with Crippen molar-refractivity contribution in [2.24, 2.45) is 5.92 Å². The van der Waals surface area contributed by atoms with Gasteiger partial charge in [0.15, 0.2) is 11.0 Å². The Balaban J connectivity index is 1.72. The number of anilines is 1. The third-order valence-electron chi connectivity index (χ3n) is 5.29. The van der Waals surface area contributed by atoms with Gasteiger partial charge >= 0.3 is 0 Å². The summed E-state index contributed by atoms with van der Waals surface area (Å²) in [5.74, 6) is 1.21. The fourth-order valence-corrected chi connectivity index (χ4v) is 4.35. The van der Waals surface area contributed by atoms with Crippen LogP contribution in [0.5, 0.6) is 5.75 Å². The van der Waals surface area contributed by atoms with Crippen LogP contribution in [0.3, 0.4) is 0 Å². The summed E-state index contributed by atoms with van der Waals surface area (Å²) in [5, 5.41) is 15.3. The number of hydrogen-bond donors (Lipinski definition) is 2. The number of ether oxygens (including phenoxy) is 1. The normalized spacial score (nSPS) is 11.8. The predicted octanol–water partition coefficient (Wildman–Crippen LogP) is 4.47. The lowest BCUT2D eigenvalue weighted by Gasteiger charge is -2.22. The minimum atomic E-state index is -0.322. The van der Waals surface area contributed by atoms with Gasteiger partial charge in [0.2, 0.25) is 5.91 Å². The van der Waals surface area contributed by atoms with Crippen molar-refractivity contribution >= 4 is 29.3 Å². The molecule has 180 valence electrons. The number of nitrogens with zero attached hydrogens (tertiary/aromatic N) is 3. The van der Waals surface area contributed by atoms with Gasteiger partial charge in [-0.25, -0.2) is 0 Å². The number of aromatic nitrogens is 3. The summed E-state index contributed by atoms with van der Waals surface area (Å²) in [4.78, 5) is 25.4. The molecular weight excluding hydrogens is 450 g/mol. The number of rotatable bonds is 10. The average Bonchev–Trinajstić information content (AvgIpc) is 3.23. The lowest BCUT2D eigenvalue weighted by molar-refractivity contribution is -0.113. The van der Waals surface area contributed by atoms with Crippen LogP contribution in [0.15, 0.2) is 53.7 Å². The first-order valence-electron chi connectivity index (χ1n) is 11.2. The molecule has 0 bridgehead atoms. The largest absolute Gasteiger partial charge is 0.495 e. The van der Waals surface area contributed by atoms with Gasteiger partial charge in [-0.2, -0.15) is 0 Å². The molecule has 2 amide bonds. The van der Waals surface area contributed by atoms with E-state index in [1.165, 1.54) is 11.8 Å². The summed E-state index contributed by atoms with van der Waals surface area (Å²) in [5.41, 5.74) is 2.25. The Hall–Kier alpha value is -3.33. The van der Waals surface area contributed by atoms with Crippen LogP contribution < -0.4 is 15.4 Å². The SMILES string of the molecule is CCn1c(SCC(=O)Nc2ccccc2OC)nnc1[C@H](NC(=O)c1cccc(C)c1)C(C)C. The summed E-state index contributed by atoms with van der Waals surface area (Å²) in [7, 11) is 1.56. The van der Waals surface area contributed by atoms with Crippen molar-refractivity contribution in [2.75, 3.05) is 18.2 Å². The molecule has 9 heteroatoms. The second kappa shape index (κ2) is 11.7. The zero-order chi connectivity index (χ0) is 24.7. The number of methoxy groups -OCH3 is 1. The van der Waals surface area contributed by atoms with Crippen molar-refractivity contribution in [3.8, 4) is 5.75 Å². The topological polar surface area (TPSA) is 98.1 Å². The van der Waals surface area contributed by atoms with Crippen molar-refractivity contribution in [1.82, 2.24) is 20.1 Å². The molecule has 1 heterocycles. The van der Waals surface area contributed by atoms with Gasteiger partial charge in [0.1, 0.15) is 5.75 Å². The van der Waals surface area contributed by atoms with Crippen LogP contribution in [0, 0.1) is 12.8 Å². The van der Waals surface area contributed by atoms with E-state index in [1.807, 2.05) is 62.6 Å². The lowest BCUT2D eigenvalue weighted by atomic mass is 10.0. The minimum absolute atomic E-state index is 0.0925. The minimum Gasteiger partial charge on any atom is -0.495 e. The maximum atomic E-state index is 12.9. The molecule has 0 fully saturated rings. The van der Waals surface area contributed by atoms with Crippen LogP contribution >= 0.6 is 11.8 Å². The number of carbonyl (C=O) groups is 2. The highest BCUT2D eigenvalue weighted by molar-refractivity contribution is 7.99. The molecule has 0 saturated carbocycles. The summed E-state index contributed by atoms with van der Waals surface area (Å²) < 4.78 is 7.23. The van der Waals surface area contributed by atoms with Crippen molar-refractivity contribution in [1.29, 1.82) is 0 Å². The highest BCUT2D eigenvalue weighted by Gasteiger charge is 2.26. The highest BCUT2D eigenvalue weighted by atomic mass is 32.2. The second-order valence-electron chi connectivity index (χ2n) is 8.19. The standard InChI is InChI=1S/C25H31N5O3S/c1-6-30-23(22(16(2)3)27-24(32)18-11-9-10-17(4)14-18)28-29-25(30)34-15-21(31)26-19-12-7-8-13-20(19)33-5/h7-14,16,22H,6,15H2,1-5H3,(H,26,31)(H,27,32)/t22-/m1/s1. The Morgan fingerprint density at radius 1 is 1.12 bits per heavy atom. The third kappa shape index (κ3) is 6.17. The van der Waals surface area contributed by atoms with Crippen molar-refractivity contribution < 1.29 is 14.3 Å². The average molecular weight is 482 g/mol. The molecule has 0 unspecified atom stereocenters. The monoisotopic (exact) mass is 481 g/mol.